The smallest absolute Gasteiger partial charge is 0.261 e. The van der Waals surface area contributed by atoms with Gasteiger partial charge in [-0.3, -0.25) is 9.59 Å². The zero-order chi connectivity index (χ0) is 17.3. The fourth-order valence-electron chi connectivity index (χ4n) is 2.67. The lowest BCUT2D eigenvalue weighted by atomic mass is 10.1. The quantitative estimate of drug-likeness (QED) is 0.729. The summed E-state index contributed by atoms with van der Waals surface area (Å²) in [4.78, 5) is 25.3. The van der Waals surface area contributed by atoms with Crippen molar-refractivity contribution >= 4 is 38.4 Å². The zero-order valence-electron chi connectivity index (χ0n) is 13.5. The number of aryl methyl sites for hydroxylation is 2. The van der Waals surface area contributed by atoms with Crippen LogP contribution in [0.1, 0.15) is 22.8 Å². The van der Waals surface area contributed by atoms with Crippen LogP contribution >= 0.6 is 15.9 Å². The molecule has 1 aromatic heterocycles. The van der Waals surface area contributed by atoms with Crippen LogP contribution in [0.3, 0.4) is 0 Å². The molecule has 0 atom stereocenters. The standard InChI is InChI=1S/C19H17BrN2O2/c1-3-22-11-16(18(23)15-10-12(2)4-9-17(15)22)19(24)21-14-7-5-13(20)6-8-14/h4-11H,3H2,1-2H3,(H,21,24). The second-order valence-electron chi connectivity index (χ2n) is 5.64. The van der Waals surface area contributed by atoms with Crippen LogP contribution in [0.25, 0.3) is 10.9 Å². The summed E-state index contributed by atoms with van der Waals surface area (Å²) in [5, 5.41) is 3.35. The first-order valence-corrected chi connectivity index (χ1v) is 8.49. The molecule has 0 saturated carbocycles. The van der Waals surface area contributed by atoms with Crippen molar-refractivity contribution < 1.29 is 4.79 Å². The van der Waals surface area contributed by atoms with Crippen molar-refractivity contribution in [2.75, 3.05) is 5.32 Å². The van der Waals surface area contributed by atoms with Gasteiger partial charge in [0.2, 0.25) is 5.43 Å². The maximum Gasteiger partial charge on any atom is 0.261 e. The Bertz CT molecular complexity index is 975. The van der Waals surface area contributed by atoms with Gasteiger partial charge in [-0.25, -0.2) is 0 Å². The van der Waals surface area contributed by atoms with E-state index in [0.29, 0.717) is 17.6 Å². The van der Waals surface area contributed by atoms with E-state index in [0.717, 1.165) is 15.6 Å². The average Bonchev–Trinajstić information content (AvgIpc) is 2.57. The number of amides is 1. The highest BCUT2D eigenvalue weighted by molar-refractivity contribution is 9.10. The minimum absolute atomic E-state index is 0.151. The number of nitrogens with zero attached hydrogens (tertiary/aromatic N) is 1. The maximum absolute atomic E-state index is 12.8. The summed E-state index contributed by atoms with van der Waals surface area (Å²) < 4.78 is 2.85. The van der Waals surface area contributed by atoms with Gasteiger partial charge in [0, 0.05) is 28.3 Å². The third-order valence-corrected chi connectivity index (χ3v) is 4.45. The van der Waals surface area contributed by atoms with Gasteiger partial charge in [0.15, 0.2) is 0 Å². The van der Waals surface area contributed by atoms with E-state index in [4.69, 9.17) is 0 Å². The molecule has 2 aromatic carbocycles. The molecule has 122 valence electrons. The summed E-state index contributed by atoms with van der Waals surface area (Å²) in [7, 11) is 0. The first-order chi connectivity index (χ1) is 11.5. The molecular weight excluding hydrogens is 368 g/mol. The highest BCUT2D eigenvalue weighted by Crippen LogP contribution is 2.17. The van der Waals surface area contributed by atoms with Crippen LogP contribution in [0.5, 0.6) is 0 Å². The fourth-order valence-corrected chi connectivity index (χ4v) is 2.93. The summed E-state index contributed by atoms with van der Waals surface area (Å²) >= 11 is 3.35. The first-order valence-electron chi connectivity index (χ1n) is 7.70. The number of benzene rings is 2. The lowest BCUT2D eigenvalue weighted by Crippen LogP contribution is -2.23. The molecule has 0 aliphatic carbocycles. The lowest BCUT2D eigenvalue weighted by Gasteiger charge is -2.12. The van der Waals surface area contributed by atoms with Crippen LogP contribution in [-0.4, -0.2) is 10.5 Å². The van der Waals surface area contributed by atoms with Gasteiger partial charge in [-0.2, -0.15) is 0 Å². The van der Waals surface area contributed by atoms with Gasteiger partial charge < -0.3 is 9.88 Å². The molecule has 4 nitrogen and oxygen atoms in total. The molecule has 0 radical (unpaired) electrons. The highest BCUT2D eigenvalue weighted by Gasteiger charge is 2.15. The van der Waals surface area contributed by atoms with Crippen molar-refractivity contribution in [3.05, 3.63) is 74.5 Å². The Balaban J connectivity index is 2.08. The second kappa shape index (κ2) is 6.61. The molecule has 24 heavy (non-hydrogen) atoms. The molecule has 0 aliphatic heterocycles. The SMILES string of the molecule is CCn1cc(C(=O)Nc2ccc(Br)cc2)c(=O)c2cc(C)ccc21. The Morgan fingerprint density at radius 3 is 2.54 bits per heavy atom. The number of pyridine rings is 1. The molecule has 5 heteroatoms. The Labute approximate surface area is 148 Å². The summed E-state index contributed by atoms with van der Waals surface area (Å²) in [6.07, 6.45) is 1.63. The zero-order valence-corrected chi connectivity index (χ0v) is 15.1. The molecule has 0 unspecified atom stereocenters. The van der Waals surface area contributed by atoms with Crippen molar-refractivity contribution in [1.29, 1.82) is 0 Å². The molecule has 1 amide bonds. The second-order valence-corrected chi connectivity index (χ2v) is 6.56. The van der Waals surface area contributed by atoms with Crippen molar-refractivity contribution in [3.63, 3.8) is 0 Å². The van der Waals surface area contributed by atoms with Gasteiger partial charge in [-0.05, 0) is 50.2 Å². The number of hydrogen-bond acceptors (Lipinski definition) is 2. The summed E-state index contributed by atoms with van der Waals surface area (Å²) in [5.74, 6) is -0.395. The predicted octanol–water partition coefficient (Wildman–Crippen LogP) is 4.34. The molecular formula is C19H17BrN2O2. The molecule has 0 saturated heterocycles. The Kier molecular flexibility index (Phi) is 4.53. The summed E-state index contributed by atoms with van der Waals surface area (Å²) in [6.45, 7) is 4.60. The van der Waals surface area contributed by atoms with E-state index in [1.165, 1.54) is 0 Å². The van der Waals surface area contributed by atoms with Gasteiger partial charge in [-0.1, -0.05) is 27.6 Å². The van der Waals surface area contributed by atoms with Crippen LogP contribution in [0.2, 0.25) is 0 Å². The van der Waals surface area contributed by atoms with Gasteiger partial charge in [0.25, 0.3) is 5.91 Å². The van der Waals surface area contributed by atoms with Crippen molar-refractivity contribution in [2.24, 2.45) is 0 Å². The highest BCUT2D eigenvalue weighted by atomic mass is 79.9. The molecule has 0 bridgehead atoms. The monoisotopic (exact) mass is 384 g/mol. The van der Waals surface area contributed by atoms with E-state index in [1.807, 2.05) is 48.7 Å². The van der Waals surface area contributed by atoms with Gasteiger partial charge in [-0.15, -0.1) is 0 Å². The van der Waals surface area contributed by atoms with Gasteiger partial charge in [0.1, 0.15) is 5.56 Å². The Hall–Kier alpha value is -2.40. The molecule has 0 spiro atoms. The Morgan fingerprint density at radius 2 is 1.88 bits per heavy atom. The van der Waals surface area contributed by atoms with E-state index >= 15 is 0 Å². The molecule has 3 rings (SSSR count). The van der Waals surface area contributed by atoms with Crippen LogP contribution in [0.15, 0.2) is 57.9 Å². The van der Waals surface area contributed by atoms with E-state index in [1.54, 1.807) is 18.3 Å². The number of hydrogen-bond donors (Lipinski definition) is 1. The number of fused-ring (bicyclic) bond motifs is 1. The van der Waals surface area contributed by atoms with Gasteiger partial charge >= 0.3 is 0 Å². The maximum atomic E-state index is 12.8. The number of carbonyl (C=O) groups excluding carboxylic acids is 1. The minimum Gasteiger partial charge on any atom is -0.347 e. The molecule has 0 aliphatic rings. The number of rotatable bonds is 3. The molecule has 3 aromatic rings. The number of anilines is 1. The van der Waals surface area contributed by atoms with Gasteiger partial charge in [0.05, 0.1) is 5.52 Å². The third kappa shape index (κ3) is 3.12. The molecule has 1 heterocycles. The fraction of sp³-hybridized carbons (Fsp3) is 0.158. The molecule has 0 fully saturated rings. The Morgan fingerprint density at radius 1 is 1.17 bits per heavy atom. The largest absolute Gasteiger partial charge is 0.347 e. The van der Waals surface area contributed by atoms with Crippen LogP contribution in [0, 0.1) is 6.92 Å². The van der Waals surface area contributed by atoms with Crippen molar-refractivity contribution in [3.8, 4) is 0 Å². The van der Waals surface area contributed by atoms with E-state index in [-0.39, 0.29) is 11.0 Å². The predicted molar refractivity (Wildman–Crippen MR) is 101 cm³/mol. The van der Waals surface area contributed by atoms with Crippen LogP contribution in [0.4, 0.5) is 5.69 Å². The normalized spacial score (nSPS) is 10.8. The lowest BCUT2D eigenvalue weighted by molar-refractivity contribution is 0.102. The number of carbonyl (C=O) groups is 1. The third-order valence-electron chi connectivity index (χ3n) is 3.92. The number of aromatic nitrogens is 1. The summed E-state index contributed by atoms with van der Waals surface area (Å²) in [5.41, 5.74) is 2.39. The van der Waals surface area contributed by atoms with E-state index in [2.05, 4.69) is 21.2 Å². The number of halogens is 1. The van der Waals surface area contributed by atoms with E-state index in [9.17, 15) is 9.59 Å². The minimum atomic E-state index is -0.395. The first kappa shape index (κ1) is 16.5. The van der Waals surface area contributed by atoms with E-state index < -0.39 is 5.91 Å². The topological polar surface area (TPSA) is 51.1 Å². The average molecular weight is 385 g/mol. The summed E-state index contributed by atoms with van der Waals surface area (Å²) in [6, 6.07) is 13.0. The molecule has 1 N–H and O–H groups in total. The van der Waals surface area contributed by atoms with Crippen LogP contribution < -0.4 is 10.7 Å². The van der Waals surface area contributed by atoms with Crippen molar-refractivity contribution in [1.82, 2.24) is 4.57 Å². The van der Waals surface area contributed by atoms with Crippen LogP contribution in [-0.2, 0) is 6.54 Å². The number of nitrogens with one attached hydrogen (secondary N) is 1. The van der Waals surface area contributed by atoms with Crippen molar-refractivity contribution in [2.45, 2.75) is 20.4 Å².